The lowest BCUT2D eigenvalue weighted by atomic mass is 9.99. The quantitative estimate of drug-likeness (QED) is 0.846. The third-order valence-electron chi connectivity index (χ3n) is 3.47. The van der Waals surface area contributed by atoms with E-state index in [-0.39, 0.29) is 16.9 Å². The van der Waals surface area contributed by atoms with Gasteiger partial charge in [-0.15, -0.1) is 0 Å². The Labute approximate surface area is 120 Å². The van der Waals surface area contributed by atoms with Gasteiger partial charge in [0.15, 0.2) is 6.29 Å². The first kappa shape index (κ1) is 13.1. The summed E-state index contributed by atoms with van der Waals surface area (Å²) in [6.07, 6.45) is 1.00. The molecule has 0 fully saturated rings. The van der Waals surface area contributed by atoms with E-state index in [4.69, 9.17) is 5.11 Å². The molecule has 1 aliphatic rings. The van der Waals surface area contributed by atoms with Gasteiger partial charge >= 0.3 is 5.97 Å². The fourth-order valence-corrected chi connectivity index (χ4v) is 2.41. The van der Waals surface area contributed by atoms with Crippen molar-refractivity contribution in [2.45, 2.75) is 6.42 Å². The minimum atomic E-state index is -1.00. The second-order valence-corrected chi connectivity index (χ2v) is 4.74. The molecule has 0 aliphatic carbocycles. The van der Waals surface area contributed by atoms with Crippen molar-refractivity contribution in [2.75, 3.05) is 0 Å². The zero-order valence-corrected chi connectivity index (χ0v) is 10.9. The molecule has 0 bridgehead atoms. The molecule has 2 aromatic carbocycles. The summed E-state index contributed by atoms with van der Waals surface area (Å²) in [6, 6.07) is 9.57. The first-order valence-corrected chi connectivity index (χ1v) is 6.31. The van der Waals surface area contributed by atoms with Crippen molar-refractivity contribution in [3.8, 4) is 5.75 Å². The fraction of sp³-hybridized carbons (Fsp3) is 0.0625. The molecule has 0 saturated heterocycles. The number of fused-ring (bicyclic) bond motifs is 1. The van der Waals surface area contributed by atoms with Gasteiger partial charge in [-0.2, -0.15) is 0 Å². The summed E-state index contributed by atoms with van der Waals surface area (Å²) in [5, 5.41) is 18.7. The number of aldehydes is 1. The normalized spacial score (nSPS) is 12.7. The van der Waals surface area contributed by atoms with Crippen LogP contribution in [0.2, 0.25) is 0 Å². The number of phenols is 1. The van der Waals surface area contributed by atoms with Crippen LogP contribution in [-0.2, 0) is 6.42 Å². The Morgan fingerprint density at radius 1 is 1.24 bits per heavy atom. The second kappa shape index (κ2) is 4.86. The van der Waals surface area contributed by atoms with Gasteiger partial charge < -0.3 is 10.2 Å². The van der Waals surface area contributed by atoms with E-state index in [9.17, 15) is 14.7 Å². The third-order valence-corrected chi connectivity index (χ3v) is 3.47. The van der Waals surface area contributed by atoms with Crippen LogP contribution in [-0.4, -0.2) is 28.2 Å². The van der Waals surface area contributed by atoms with Gasteiger partial charge in [0.1, 0.15) is 5.75 Å². The molecule has 5 heteroatoms. The van der Waals surface area contributed by atoms with Gasteiger partial charge in [-0.3, -0.25) is 9.79 Å². The maximum Gasteiger partial charge on any atom is 0.335 e. The smallest absolute Gasteiger partial charge is 0.335 e. The number of rotatable bonds is 3. The number of carbonyl (C=O) groups is 2. The molecule has 1 aliphatic heterocycles. The van der Waals surface area contributed by atoms with Gasteiger partial charge in [-0.1, -0.05) is 12.1 Å². The predicted molar refractivity (Wildman–Crippen MR) is 76.8 cm³/mol. The number of carboxylic acids is 1. The highest BCUT2D eigenvalue weighted by Gasteiger charge is 2.21. The molecule has 3 rings (SSSR count). The molecule has 1 heterocycles. The molecular formula is C16H11NO4. The molecule has 5 nitrogen and oxygen atoms in total. The number of nitrogens with zero attached hydrogens (tertiary/aromatic N) is 1. The molecule has 0 radical (unpaired) electrons. The molecule has 0 amide bonds. The van der Waals surface area contributed by atoms with Gasteiger partial charge in [0.05, 0.1) is 22.5 Å². The van der Waals surface area contributed by atoms with Gasteiger partial charge in [0.25, 0.3) is 0 Å². The Balaban J connectivity index is 2.03. The molecule has 2 aromatic rings. The van der Waals surface area contributed by atoms with Crippen molar-refractivity contribution in [3.63, 3.8) is 0 Å². The van der Waals surface area contributed by atoms with Crippen LogP contribution in [0.1, 0.15) is 31.8 Å². The lowest BCUT2D eigenvalue weighted by molar-refractivity contribution is 0.0696. The maximum atomic E-state index is 11.1. The molecule has 21 heavy (non-hydrogen) atoms. The van der Waals surface area contributed by atoms with Crippen molar-refractivity contribution in [2.24, 2.45) is 4.99 Å². The molecule has 0 spiro atoms. The van der Waals surface area contributed by atoms with Gasteiger partial charge in [0, 0.05) is 6.42 Å². The maximum absolute atomic E-state index is 11.1. The van der Waals surface area contributed by atoms with Crippen LogP contribution in [0, 0.1) is 0 Å². The van der Waals surface area contributed by atoms with E-state index in [1.165, 1.54) is 12.1 Å². The number of aromatic hydroxyl groups is 1. The van der Waals surface area contributed by atoms with Crippen LogP contribution < -0.4 is 0 Å². The summed E-state index contributed by atoms with van der Waals surface area (Å²) in [6.45, 7) is 0. The SMILES string of the molecule is O=Cc1c(O)ccc2c1CC(c1cccc(C(=O)O)c1)=N2. The average molecular weight is 281 g/mol. The number of carbonyl (C=O) groups excluding carboxylic acids is 1. The average Bonchev–Trinajstić information content (AvgIpc) is 2.91. The van der Waals surface area contributed by atoms with E-state index >= 15 is 0 Å². The standard InChI is InChI=1S/C16H11NO4/c18-8-12-11-7-14(17-13(11)4-5-15(12)19)9-2-1-3-10(6-9)16(20)21/h1-6,8,19H,7H2,(H,20,21). The number of hydrogen-bond acceptors (Lipinski definition) is 4. The zero-order chi connectivity index (χ0) is 15.0. The van der Waals surface area contributed by atoms with Crippen LogP contribution in [0.4, 0.5) is 5.69 Å². The van der Waals surface area contributed by atoms with Crippen molar-refractivity contribution < 1.29 is 19.8 Å². The number of aliphatic imine (C=N–C) groups is 1. The molecular weight excluding hydrogens is 270 g/mol. The van der Waals surface area contributed by atoms with Crippen LogP contribution >= 0.6 is 0 Å². The van der Waals surface area contributed by atoms with E-state index in [1.807, 2.05) is 0 Å². The highest BCUT2D eigenvalue weighted by atomic mass is 16.4. The largest absolute Gasteiger partial charge is 0.507 e. The summed E-state index contributed by atoms with van der Waals surface area (Å²) < 4.78 is 0. The highest BCUT2D eigenvalue weighted by Crippen LogP contribution is 2.35. The molecule has 0 saturated carbocycles. The van der Waals surface area contributed by atoms with Gasteiger partial charge in [0.2, 0.25) is 0 Å². The van der Waals surface area contributed by atoms with Crippen LogP contribution in [0.5, 0.6) is 5.75 Å². The summed E-state index contributed by atoms with van der Waals surface area (Å²) in [7, 11) is 0. The second-order valence-electron chi connectivity index (χ2n) is 4.74. The van der Waals surface area contributed by atoms with Crippen molar-refractivity contribution in [3.05, 3.63) is 58.7 Å². The first-order valence-electron chi connectivity index (χ1n) is 6.31. The van der Waals surface area contributed by atoms with E-state index in [1.54, 1.807) is 24.3 Å². The molecule has 0 atom stereocenters. The van der Waals surface area contributed by atoms with E-state index in [0.29, 0.717) is 35.2 Å². The molecule has 0 unspecified atom stereocenters. The summed E-state index contributed by atoms with van der Waals surface area (Å²) in [4.78, 5) is 26.5. The summed E-state index contributed by atoms with van der Waals surface area (Å²) in [5.41, 5.74) is 3.10. The predicted octanol–water partition coefficient (Wildman–Crippen LogP) is 2.58. The third kappa shape index (κ3) is 2.18. The van der Waals surface area contributed by atoms with E-state index in [2.05, 4.69) is 4.99 Å². The minimum Gasteiger partial charge on any atom is -0.507 e. The molecule has 0 aromatic heterocycles. The first-order chi connectivity index (χ1) is 10.1. The lowest BCUT2D eigenvalue weighted by Gasteiger charge is -2.04. The molecule has 2 N–H and O–H groups in total. The number of phenolic OH excluding ortho intramolecular Hbond substituents is 1. The Bertz CT molecular complexity index is 793. The van der Waals surface area contributed by atoms with Crippen molar-refractivity contribution >= 4 is 23.7 Å². The number of aromatic carboxylic acids is 1. The van der Waals surface area contributed by atoms with E-state index < -0.39 is 5.97 Å². The van der Waals surface area contributed by atoms with Crippen LogP contribution in [0.3, 0.4) is 0 Å². The van der Waals surface area contributed by atoms with Crippen molar-refractivity contribution in [1.82, 2.24) is 0 Å². The Morgan fingerprint density at radius 2 is 2.05 bits per heavy atom. The van der Waals surface area contributed by atoms with Gasteiger partial charge in [-0.05, 0) is 35.4 Å². The minimum absolute atomic E-state index is 0.0699. The molecule has 104 valence electrons. The monoisotopic (exact) mass is 281 g/mol. The summed E-state index contributed by atoms with van der Waals surface area (Å²) in [5.74, 6) is -1.07. The van der Waals surface area contributed by atoms with Crippen molar-refractivity contribution in [1.29, 1.82) is 0 Å². The topological polar surface area (TPSA) is 87.0 Å². The zero-order valence-electron chi connectivity index (χ0n) is 10.9. The lowest BCUT2D eigenvalue weighted by Crippen LogP contribution is -2.04. The number of benzene rings is 2. The van der Waals surface area contributed by atoms with Gasteiger partial charge in [-0.25, -0.2) is 4.79 Å². The Hall–Kier alpha value is -2.95. The number of hydrogen-bond donors (Lipinski definition) is 2. The highest BCUT2D eigenvalue weighted by molar-refractivity contribution is 6.09. The Kier molecular flexibility index (Phi) is 3.02. The van der Waals surface area contributed by atoms with E-state index in [0.717, 1.165) is 0 Å². The summed E-state index contributed by atoms with van der Waals surface area (Å²) >= 11 is 0. The Morgan fingerprint density at radius 3 is 2.76 bits per heavy atom. The van der Waals surface area contributed by atoms with Crippen LogP contribution in [0.25, 0.3) is 0 Å². The van der Waals surface area contributed by atoms with Crippen LogP contribution in [0.15, 0.2) is 41.4 Å². The number of carboxylic acid groups (broad SMARTS) is 1. The fourth-order valence-electron chi connectivity index (χ4n) is 2.41.